The highest BCUT2D eigenvalue weighted by molar-refractivity contribution is 5.80. The second kappa shape index (κ2) is 9.76. The van der Waals surface area contributed by atoms with Crippen molar-refractivity contribution < 1.29 is 29.2 Å². The topological polar surface area (TPSA) is 106 Å². The first-order chi connectivity index (χ1) is 9.32. The summed E-state index contributed by atoms with van der Waals surface area (Å²) in [7, 11) is 0. The maximum atomic E-state index is 11.0. The molecule has 114 valence electrons. The summed E-state index contributed by atoms with van der Waals surface area (Å²) in [4.78, 5) is 41.4. The molecule has 20 heavy (non-hydrogen) atoms. The van der Waals surface area contributed by atoms with Gasteiger partial charge in [0.1, 0.15) is 0 Å². The van der Waals surface area contributed by atoms with Crippen LogP contribution < -0.4 is 0 Å². The quantitative estimate of drug-likeness (QED) is 0.247. The van der Waals surface area contributed by atoms with Crippen LogP contribution in [0.15, 0.2) is 5.16 Å². The summed E-state index contributed by atoms with van der Waals surface area (Å²) in [6.45, 7) is 4.33. The van der Waals surface area contributed by atoms with Crippen molar-refractivity contribution in [1.29, 1.82) is 0 Å². The fourth-order valence-electron chi connectivity index (χ4n) is 1.31. The van der Waals surface area contributed by atoms with Gasteiger partial charge in [0.25, 0.3) is 0 Å². The minimum atomic E-state index is -0.838. The number of oxime groups is 1. The van der Waals surface area contributed by atoms with Crippen molar-refractivity contribution in [2.75, 3.05) is 6.54 Å². The molecule has 0 radical (unpaired) electrons. The van der Waals surface area contributed by atoms with Gasteiger partial charge in [-0.15, -0.1) is 0 Å². The summed E-state index contributed by atoms with van der Waals surface area (Å²) < 4.78 is 0. The van der Waals surface area contributed by atoms with Crippen molar-refractivity contribution >= 4 is 23.7 Å². The number of carbonyl (C=O) groups excluding carboxylic acids is 2. The number of rotatable bonds is 7. The van der Waals surface area contributed by atoms with Gasteiger partial charge in [-0.2, -0.15) is 5.06 Å². The number of hydrogen-bond donors (Lipinski definition) is 1. The lowest BCUT2D eigenvalue weighted by Crippen LogP contribution is -2.32. The number of unbranched alkanes of at least 4 members (excludes halogenated alkanes) is 2. The van der Waals surface area contributed by atoms with E-state index in [1.54, 1.807) is 0 Å². The Morgan fingerprint density at radius 1 is 1.05 bits per heavy atom. The summed E-state index contributed by atoms with van der Waals surface area (Å²) in [6, 6.07) is 0. The van der Waals surface area contributed by atoms with Crippen LogP contribution in [-0.4, -0.2) is 40.5 Å². The third kappa shape index (κ3) is 9.86. The Morgan fingerprint density at radius 2 is 1.70 bits per heavy atom. The standard InChI is InChI=1S/C12H20N2O6/c1-9(13-19-10(2)15)14(20-11(3)16)8-6-4-5-7-12(17)18/h4-8H2,1-3H3,(H,17,18)/b13-9+. The Morgan fingerprint density at radius 3 is 2.20 bits per heavy atom. The van der Waals surface area contributed by atoms with E-state index in [0.717, 1.165) is 0 Å². The summed E-state index contributed by atoms with van der Waals surface area (Å²) in [5, 5.41) is 13.2. The lowest BCUT2D eigenvalue weighted by molar-refractivity contribution is -0.170. The molecule has 0 aromatic heterocycles. The molecule has 8 nitrogen and oxygen atoms in total. The first-order valence-electron chi connectivity index (χ1n) is 6.23. The molecule has 0 fully saturated rings. The van der Waals surface area contributed by atoms with Gasteiger partial charge in [0.15, 0.2) is 5.84 Å². The normalized spacial score (nSPS) is 10.8. The number of carboxylic acid groups (broad SMARTS) is 1. The molecule has 0 saturated carbocycles. The van der Waals surface area contributed by atoms with Gasteiger partial charge >= 0.3 is 17.9 Å². The van der Waals surface area contributed by atoms with Crippen molar-refractivity contribution in [1.82, 2.24) is 5.06 Å². The fourth-order valence-corrected chi connectivity index (χ4v) is 1.31. The Kier molecular flexibility index (Phi) is 8.73. The first kappa shape index (κ1) is 17.9. The van der Waals surface area contributed by atoms with Gasteiger partial charge in [0.05, 0.1) is 6.54 Å². The van der Waals surface area contributed by atoms with E-state index < -0.39 is 17.9 Å². The minimum absolute atomic E-state index is 0.105. The van der Waals surface area contributed by atoms with Crippen LogP contribution in [0.2, 0.25) is 0 Å². The van der Waals surface area contributed by atoms with Crippen molar-refractivity contribution in [3.8, 4) is 0 Å². The number of nitrogens with zero attached hydrogens (tertiary/aromatic N) is 2. The summed E-state index contributed by atoms with van der Waals surface area (Å²) in [6.07, 6.45) is 1.94. The molecule has 0 atom stereocenters. The summed E-state index contributed by atoms with van der Waals surface area (Å²) >= 11 is 0. The number of carboxylic acids is 1. The summed E-state index contributed by atoms with van der Waals surface area (Å²) in [5.41, 5.74) is 0. The van der Waals surface area contributed by atoms with Crippen LogP contribution in [0.3, 0.4) is 0 Å². The van der Waals surface area contributed by atoms with Crippen molar-refractivity contribution in [3.63, 3.8) is 0 Å². The number of hydrogen-bond acceptors (Lipinski definition) is 6. The van der Waals surface area contributed by atoms with E-state index in [1.165, 1.54) is 25.8 Å². The molecular formula is C12H20N2O6. The van der Waals surface area contributed by atoms with Crippen LogP contribution in [0.4, 0.5) is 0 Å². The van der Waals surface area contributed by atoms with Gasteiger partial charge in [-0.05, 0) is 12.8 Å². The molecule has 0 spiro atoms. The molecule has 0 heterocycles. The first-order valence-corrected chi connectivity index (χ1v) is 6.23. The lowest BCUT2D eigenvalue weighted by Gasteiger charge is -2.20. The van der Waals surface area contributed by atoms with Gasteiger partial charge in [0.2, 0.25) is 0 Å². The molecule has 1 N–H and O–H groups in total. The van der Waals surface area contributed by atoms with Crippen LogP contribution in [0.25, 0.3) is 0 Å². The van der Waals surface area contributed by atoms with Crippen LogP contribution >= 0.6 is 0 Å². The summed E-state index contributed by atoms with van der Waals surface area (Å²) in [5.74, 6) is -1.70. The predicted octanol–water partition coefficient (Wildman–Crippen LogP) is 1.31. The monoisotopic (exact) mass is 288 g/mol. The second-order valence-corrected chi connectivity index (χ2v) is 4.11. The van der Waals surface area contributed by atoms with E-state index in [1.807, 2.05) is 0 Å². The maximum absolute atomic E-state index is 11.0. The lowest BCUT2D eigenvalue weighted by atomic mass is 10.2. The third-order valence-electron chi connectivity index (χ3n) is 2.16. The number of amidine groups is 1. The highest BCUT2D eigenvalue weighted by Gasteiger charge is 2.12. The van der Waals surface area contributed by atoms with E-state index in [4.69, 9.17) is 9.94 Å². The Bertz CT molecular complexity index is 380. The maximum Gasteiger partial charge on any atom is 0.332 e. The zero-order chi connectivity index (χ0) is 15.5. The SMILES string of the molecule is CC(=O)O/N=C(\C)N(CCCCCC(=O)O)OC(C)=O. The van der Waals surface area contributed by atoms with Crippen LogP contribution in [0.5, 0.6) is 0 Å². The molecule has 0 amide bonds. The van der Waals surface area contributed by atoms with E-state index in [9.17, 15) is 14.4 Å². The average molecular weight is 288 g/mol. The molecule has 0 rings (SSSR count). The Labute approximate surface area is 117 Å². The van der Waals surface area contributed by atoms with Gasteiger partial charge in [-0.1, -0.05) is 11.6 Å². The van der Waals surface area contributed by atoms with Crippen molar-refractivity contribution in [2.24, 2.45) is 5.16 Å². The second-order valence-electron chi connectivity index (χ2n) is 4.11. The molecule has 0 aliphatic carbocycles. The number of aliphatic carboxylic acids is 1. The van der Waals surface area contributed by atoms with Gasteiger partial charge in [0, 0.05) is 27.2 Å². The molecule has 0 aliphatic heterocycles. The van der Waals surface area contributed by atoms with Gasteiger partial charge in [-0.3, -0.25) is 9.59 Å². The zero-order valence-corrected chi connectivity index (χ0v) is 11.9. The Balaban J connectivity index is 4.27. The van der Waals surface area contributed by atoms with E-state index in [2.05, 4.69) is 9.99 Å². The molecular weight excluding hydrogens is 268 g/mol. The molecule has 0 saturated heterocycles. The number of carbonyl (C=O) groups is 3. The van der Waals surface area contributed by atoms with Crippen LogP contribution in [0.1, 0.15) is 46.5 Å². The molecule has 8 heteroatoms. The average Bonchev–Trinajstić information content (AvgIpc) is 2.33. The van der Waals surface area contributed by atoms with Gasteiger partial charge in [-0.25, -0.2) is 4.79 Å². The predicted molar refractivity (Wildman–Crippen MR) is 69.5 cm³/mol. The van der Waals surface area contributed by atoms with E-state index >= 15 is 0 Å². The molecule has 0 unspecified atom stereocenters. The zero-order valence-electron chi connectivity index (χ0n) is 11.9. The van der Waals surface area contributed by atoms with E-state index in [-0.39, 0.29) is 12.3 Å². The van der Waals surface area contributed by atoms with Crippen molar-refractivity contribution in [3.05, 3.63) is 0 Å². The van der Waals surface area contributed by atoms with Crippen LogP contribution in [-0.2, 0) is 24.1 Å². The minimum Gasteiger partial charge on any atom is -0.481 e. The molecule has 0 aromatic rings. The highest BCUT2D eigenvalue weighted by atomic mass is 16.7. The van der Waals surface area contributed by atoms with E-state index in [0.29, 0.717) is 25.8 Å². The van der Waals surface area contributed by atoms with Crippen LogP contribution in [0, 0.1) is 0 Å². The highest BCUT2D eigenvalue weighted by Crippen LogP contribution is 2.04. The van der Waals surface area contributed by atoms with Crippen molar-refractivity contribution in [2.45, 2.75) is 46.5 Å². The fraction of sp³-hybridized carbons (Fsp3) is 0.667. The molecule has 0 aliphatic rings. The molecule has 0 bridgehead atoms. The third-order valence-corrected chi connectivity index (χ3v) is 2.16. The smallest absolute Gasteiger partial charge is 0.332 e. The van der Waals surface area contributed by atoms with Gasteiger partial charge < -0.3 is 14.8 Å². The number of hydroxylamine groups is 2. The Hall–Kier alpha value is -2.12. The largest absolute Gasteiger partial charge is 0.481 e. The molecule has 0 aromatic carbocycles.